The van der Waals surface area contributed by atoms with Crippen LogP contribution in [0.25, 0.3) is 45.2 Å². The van der Waals surface area contributed by atoms with Gasteiger partial charge in [0.05, 0.1) is 38.9 Å². The third kappa shape index (κ3) is 5.94. The van der Waals surface area contributed by atoms with E-state index in [0.29, 0.717) is 56.2 Å². The van der Waals surface area contributed by atoms with Crippen LogP contribution in [0.4, 0.5) is 5.95 Å². The molecule has 0 radical (unpaired) electrons. The summed E-state index contributed by atoms with van der Waals surface area (Å²) in [7, 11) is -3.76. The molecule has 5 aromatic rings. The van der Waals surface area contributed by atoms with Gasteiger partial charge in [-0.15, -0.1) is 4.28 Å². The first-order valence-electron chi connectivity index (χ1n) is 12.0. The molecule has 3 aromatic heterocycles. The van der Waals surface area contributed by atoms with Crippen LogP contribution in [0, 0.1) is 5.41 Å². The number of pyridine rings is 1. The summed E-state index contributed by atoms with van der Waals surface area (Å²) >= 11 is 13.0. The fourth-order valence-electron chi connectivity index (χ4n) is 4.16. The summed E-state index contributed by atoms with van der Waals surface area (Å²) in [5, 5.41) is 0.936. The number of nitrogens with zero attached hydrogens (tertiary/aromatic N) is 4. The zero-order valence-electron chi connectivity index (χ0n) is 21.7. The maximum absolute atomic E-state index is 11.6. The minimum atomic E-state index is -3.76. The molecule has 0 aliphatic rings. The van der Waals surface area contributed by atoms with Crippen molar-refractivity contribution in [3.8, 4) is 34.0 Å². The van der Waals surface area contributed by atoms with Gasteiger partial charge in [0.25, 0.3) is 10.1 Å². The van der Waals surface area contributed by atoms with Crippen molar-refractivity contribution in [1.29, 1.82) is 0 Å². The predicted molar refractivity (Wildman–Crippen MR) is 155 cm³/mol. The Hall–Kier alpha value is -3.44. The molecule has 0 spiro atoms. The number of H-pyrrole nitrogens is 1. The van der Waals surface area contributed by atoms with E-state index in [-0.39, 0.29) is 11.4 Å². The van der Waals surface area contributed by atoms with Crippen molar-refractivity contribution in [3.63, 3.8) is 0 Å². The lowest BCUT2D eigenvalue weighted by atomic mass is 9.97. The van der Waals surface area contributed by atoms with E-state index < -0.39 is 10.1 Å². The Balaban J connectivity index is 1.70. The smallest absolute Gasteiger partial charge is 0.285 e. The minimum absolute atomic E-state index is 0.177. The number of hydrogen-bond donors (Lipinski definition) is 2. The SMILES string of the molecule is CC(C)(C)Cn1c(NOS(C)(=O)=O)nc2ccc(-c3[nH]c(-c4c(Cl)cccc4Cl)nc3-c3ccccc3)nc21. The maximum Gasteiger partial charge on any atom is 0.285 e. The van der Waals surface area contributed by atoms with E-state index in [1.807, 2.05) is 42.5 Å². The molecule has 3 heterocycles. The summed E-state index contributed by atoms with van der Waals surface area (Å²) in [6, 6.07) is 18.7. The quantitative estimate of drug-likeness (QED) is 0.202. The van der Waals surface area contributed by atoms with E-state index in [1.54, 1.807) is 22.8 Å². The third-order valence-electron chi connectivity index (χ3n) is 5.72. The summed E-state index contributed by atoms with van der Waals surface area (Å²) < 4.78 is 29.9. The summed E-state index contributed by atoms with van der Waals surface area (Å²) in [4.78, 5) is 17.8. The largest absolute Gasteiger partial charge is 0.336 e. The first-order valence-corrected chi connectivity index (χ1v) is 14.6. The van der Waals surface area contributed by atoms with Crippen LogP contribution in [0.1, 0.15) is 20.8 Å². The molecule has 202 valence electrons. The fraction of sp³-hybridized carbons (Fsp3) is 0.222. The number of imidazole rings is 2. The van der Waals surface area contributed by atoms with Gasteiger partial charge in [-0.2, -0.15) is 8.42 Å². The predicted octanol–water partition coefficient (Wildman–Crippen LogP) is 6.81. The molecule has 0 saturated heterocycles. The van der Waals surface area contributed by atoms with E-state index in [0.717, 1.165) is 11.8 Å². The number of anilines is 1. The zero-order chi connectivity index (χ0) is 27.9. The second-order valence-electron chi connectivity index (χ2n) is 10.3. The molecule has 2 aromatic carbocycles. The fourth-order valence-corrected chi connectivity index (χ4v) is 4.96. The lowest BCUT2D eigenvalue weighted by Gasteiger charge is -2.20. The van der Waals surface area contributed by atoms with E-state index in [1.165, 1.54) is 0 Å². The molecular formula is C27H26Cl2N6O3S. The highest BCUT2D eigenvalue weighted by Crippen LogP contribution is 2.38. The Kier molecular flexibility index (Phi) is 7.15. The van der Waals surface area contributed by atoms with Crippen molar-refractivity contribution in [2.75, 3.05) is 11.7 Å². The van der Waals surface area contributed by atoms with Gasteiger partial charge in [0.15, 0.2) is 5.65 Å². The van der Waals surface area contributed by atoms with Crippen molar-refractivity contribution in [1.82, 2.24) is 24.5 Å². The van der Waals surface area contributed by atoms with Gasteiger partial charge in [-0.3, -0.25) is 4.57 Å². The molecule has 0 saturated carbocycles. The summed E-state index contributed by atoms with van der Waals surface area (Å²) in [6.07, 6.45) is 0.958. The third-order valence-corrected chi connectivity index (χ3v) is 6.73. The number of fused-ring (bicyclic) bond motifs is 1. The number of halogens is 2. The standard InChI is InChI=1S/C27H26Cl2N6O3S/c1-27(2,3)15-35-25-20(31-26(35)34-38-39(4,36)37)14-13-19(30-25)23-22(16-9-6-5-7-10-16)32-24(33-23)21-17(28)11-8-12-18(21)29/h5-14H,15H2,1-4H3,(H,31,34)(H,32,33). The molecule has 0 aliphatic carbocycles. The van der Waals surface area contributed by atoms with Gasteiger partial charge in [-0.05, 0) is 29.7 Å². The number of nitrogens with one attached hydrogen (secondary N) is 2. The van der Waals surface area contributed by atoms with Crippen molar-refractivity contribution in [3.05, 3.63) is 70.7 Å². The Bertz CT molecular complexity index is 1760. The van der Waals surface area contributed by atoms with Gasteiger partial charge in [-0.1, -0.05) is 80.4 Å². The molecule has 0 amide bonds. The number of aromatic nitrogens is 5. The van der Waals surface area contributed by atoms with Crippen LogP contribution < -0.4 is 5.48 Å². The summed E-state index contributed by atoms with van der Waals surface area (Å²) in [6.45, 7) is 6.67. The molecule has 9 nitrogen and oxygen atoms in total. The molecule has 39 heavy (non-hydrogen) atoms. The molecule has 0 fully saturated rings. The second-order valence-corrected chi connectivity index (χ2v) is 12.7. The van der Waals surface area contributed by atoms with Crippen LogP contribution in [0.5, 0.6) is 0 Å². The molecular weight excluding hydrogens is 559 g/mol. The highest BCUT2D eigenvalue weighted by atomic mass is 35.5. The highest BCUT2D eigenvalue weighted by molar-refractivity contribution is 7.86. The molecule has 0 atom stereocenters. The Labute approximate surface area is 236 Å². The number of benzene rings is 2. The summed E-state index contributed by atoms with van der Waals surface area (Å²) in [5.41, 5.74) is 6.83. The lowest BCUT2D eigenvalue weighted by Crippen LogP contribution is -2.19. The molecule has 0 bridgehead atoms. The van der Waals surface area contributed by atoms with Crippen LogP contribution in [0.2, 0.25) is 10.0 Å². The lowest BCUT2D eigenvalue weighted by molar-refractivity contribution is 0.339. The van der Waals surface area contributed by atoms with Crippen molar-refractivity contribution in [2.24, 2.45) is 5.41 Å². The van der Waals surface area contributed by atoms with Gasteiger partial charge < -0.3 is 4.98 Å². The van der Waals surface area contributed by atoms with Gasteiger partial charge in [0.1, 0.15) is 11.3 Å². The Morgan fingerprint density at radius 2 is 1.64 bits per heavy atom. The van der Waals surface area contributed by atoms with Crippen LogP contribution in [-0.4, -0.2) is 39.2 Å². The average Bonchev–Trinajstić information content (AvgIpc) is 3.43. The molecule has 12 heteroatoms. The van der Waals surface area contributed by atoms with Crippen LogP contribution >= 0.6 is 23.2 Å². The van der Waals surface area contributed by atoms with Gasteiger partial charge in [-0.25, -0.2) is 20.4 Å². The normalized spacial score (nSPS) is 12.3. The molecule has 2 N–H and O–H groups in total. The van der Waals surface area contributed by atoms with Crippen LogP contribution in [0.3, 0.4) is 0 Å². The monoisotopic (exact) mass is 584 g/mol. The number of rotatable bonds is 7. The van der Waals surface area contributed by atoms with Gasteiger partial charge in [0.2, 0.25) is 5.95 Å². The Morgan fingerprint density at radius 3 is 2.28 bits per heavy atom. The molecule has 5 rings (SSSR count). The second kappa shape index (κ2) is 10.3. The van der Waals surface area contributed by atoms with E-state index in [9.17, 15) is 8.42 Å². The topological polar surface area (TPSA) is 115 Å². The van der Waals surface area contributed by atoms with E-state index >= 15 is 0 Å². The van der Waals surface area contributed by atoms with Gasteiger partial charge >= 0.3 is 0 Å². The average molecular weight is 586 g/mol. The molecule has 0 aliphatic heterocycles. The number of aromatic amines is 1. The van der Waals surface area contributed by atoms with Crippen molar-refractivity contribution >= 4 is 50.4 Å². The van der Waals surface area contributed by atoms with Crippen LogP contribution in [0.15, 0.2) is 60.7 Å². The van der Waals surface area contributed by atoms with Crippen molar-refractivity contribution in [2.45, 2.75) is 27.3 Å². The van der Waals surface area contributed by atoms with Crippen molar-refractivity contribution < 1.29 is 12.7 Å². The summed E-state index contributed by atoms with van der Waals surface area (Å²) in [5.74, 6) is 0.736. The Morgan fingerprint density at radius 1 is 0.949 bits per heavy atom. The van der Waals surface area contributed by atoms with E-state index in [2.05, 4.69) is 36.2 Å². The minimum Gasteiger partial charge on any atom is -0.336 e. The first kappa shape index (κ1) is 27.1. The first-order chi connectivity index (χ1) is 18.4. The van der Waals surface area contributed by atoms with E-state index in [4.69, 9.17) is 37.5 Å². The van der Waals surface area contributed by atoms with Gasteiger partial charge in [0, 0.05) is 12.1 Å². The van der Waals surface area contributed by atoms with Crippen LogP contribution in [-0.2, 0) is 20.9 Å². The number of hydrogen-bond acceptors (Lipinski definition) is 7. The highest BCUT2D eigenvalue weighted by Gasteiger charge is 2.23. The zero-order valence-corrected chi connectivity index (χ0v) is 24.0. The maximum atomic E-state index is 11.6. The molecule has 0 unspecified atom stereocenters.